The second-order valence-corrected chi connectivity index (χ2v) is 8.61. The molecule has 0 radical (unpaired) electrons. The van der Waals surface area contributed by atoms with Crippen LogP contribution < -0.4 is 4.90 Å². The number of nitrogens with zero attached hydrogens (tertiary/aromatic N) is 5. The monoisotopic (exact) mass is 471 g/mol. The third-order valence-corrected chi connectivity index (χ3v) is 6.11. The SMILES string of the molecule is Cc1cccc(C(C)C)c1N1C(=C=O)N=C(N2CCN(C(=O)O)CC2)c2cc(F)c(Cl)nc21. The number of anilines is 2. The van der Waals surface area contributed by atoms with Crippen LogP contribution in [0.3, 0.4) is 0 Å². The smallest absolute Gasteiger partial charge is 0.407 e. The molecular weight excluding hydrogens is 449 g/mol. The van der Waals surface area contributed by atoms with E-state index in [0.29, 0.717) is 24.5 Å². The van der Waals surface area contributed by atoms with Gasteiger partial charge in [0.15, 0.2) is 22.7 Å². The van der Waals surface area contributed by atoms with Crippen LogP contribution in [-0.4, -0.2) is 63.9 Å². The maximum Gasteiger partial charge on any atom is 0.407 e. The standard InChI is InChI=1S/C23H23ClFN5O3/c1-13(2)15-6-4-5-14(3)19(15)30-18(12-31)26-21(16-11-17(25)20(24)27-22(16)30)28-7-9-29(10-8-28)23(32)33/h4-6,11,13H,7-10H2,1-3H3,(H,32,33). The van der Waals surface area contributed by atoms with Crippen molar-refractivity contribution in [1.29, 1.82) is 0 Å². The van der Waals surface area contributed by atoms with E-state index in [-0.39, 0.29) is 35.8 Å². The number of amidine groups is 1. The molecule has 4 rings (SSSR count). The van der Waals surface area contributed by atoms with E-state index >= 15 is 0 Å². The number of para-hydroxylation sites is 1. The van der Waals surface area contributed by atoms with Crippen molar-refractivity contribution in [3.63, 3.8) is 0 Å². The third-order valence-electron chi connectivity index (χ3n) is 5.85. The molecule has 2 aliphatic heterocycles. The summed E-state index contributed by atoms with van der Waals surface area (Å²) in [6, 6.07) is 7.07. The largest absolute Gasteiger partial charge is 0.465 e. The van der Waals surface area contributed by atoms with Crippen molar-refractivity contribution < 1.29 is 19.1 Å². The molecular formula is C23H23ClFN5O3. The fourth-order valence-electron chi connectivity index (χ4n) is 4.19. The second-order valence-electron chi connectivity index (χ2n) is 8.25. The van der Waals surface area contributed by atoms with Gasteiger partial charge in [0.05, 0.1) is 11.3 Å². The van der Waals surface area contributed by atoms with E-state index in [1.54, 1.807) is 4.90 Å². The summed E-state index contributed by atoms with van der Waals surface area (Å²) in [6.07, 6.45) is -0.999. The fraction of sp³-hybridized carbons (Fsp3) is 0.348. The first-order valence-corrected chi connectivity index (χ1v) is 10.9. The zero-order valence-corrected chi connectivity index (χ0v) is 19.2. The summed E-state index contributed by atoms with van der Waals surface area (Å²) in [5, 5.41) is 8.92. The number of carboxylic acid groups (broad SMARTS) is 1. The van der Waals surface area contributed by atoms with Crippen molar-refractivity contribution in [2.45, 2.75) is 26.7 Å². The summed E-state index contributed by atoms with van der Waals surface area (Å²) in [4.78, 5) is 36.9. The lowest BCUT2D eigenvalue weighted by Crippen LogP contribution is -2.51. The van der Waals surface area contributed by atoms with Gasteiger partial charge in [0.2, 0.25) is 5.82 Å². The zero-order valence-electron chi connectivity index (χ0n) is 18.5. The highest BCUT2D eigenvalue weighted by molar-refractivity contribution is 6.30. The highest BCUT2D eigenvalue weighted by Crippen LogP contribution is 2.42. The maximum absolute atomic E-state index is 14.6. The first kappa shape index (κ1) is 22.8. The van der Waals surface area contributed by atoms with Crippen molar-refractivity contribution in [2.75, 3.05) is 31.1 Å². The predicted molar refractivity (Wildman–Crippen MR) is 124 cm³/mol. The summed E-state index contributed by atoms with van der Waals surface area (Å²) in [6.45, 7) is 7.17. The molecule has 1 fully saturated rings. The van der Waals surface area contributed by atoms with E-state index < -0.39 is 11.9 Å². The number of carbonyl (C=O) groups excluding carboxylic acids is 1. The van der Waals surface area contributed by atoms with Crippen molar-refractivity contribution in [2.24, 2.45) is 4.99 Å². The van der Waals surface area contributed by atoms with Crippen molar-refractivity contribution in [3.8, 4) is 0 Å². The van der Waals surface area contributed by atoms with E-state index in [9.17, 15) is 19.1 Å². The van der Waals surface area contributed by atoms with E-state index in [1.807, 2.05) is 49.8 Å². The lowest BCUT2D eigenvalue weighted by molar-refractivity contribution is 0.124. The number of benzene rings is 1. The van der Waals surface area contributed by atoms with Crippen molar-refractivity contribution >= 4 is 41.0 Å². The number of pyridine rings is 1. The fourth-order valence-corrected chi connectivity index (χ4v) is 4.32. The molecule has 0 saturated carbocycles. The number of rotatable bonds is 2. The van der Waals surface area contributed by atoms with Gasteiger partial charge in [-0.3, -0.25) is 4.90 Å². The molecule has 0 aliphatic carbocycles. The zero-order chi connectivity index (χ0) is 23.9. The maximum atomic E-state index is 14.6. The van der Waals surface area contributed by atoms with Gasteiger partial charge in [-0.1, -0.05) is 43.6 Å². The highest BCUT2D eigenvalue weighted by atomic mass is 35.5. The Morgan fingerprint density at radius 3 is 2.55 bits per heavy atom. The first-order valence-electron chi connectivity index (χ1n) is 10.6. The van der Waals surface area contributed by atoms with Crippen LogP contribution in [0.5, 0.6) is 0 Å². The summed E-state index contributed by atoms with van der Waals surface area (Å²) >= 11 is 6.07. The number of piperazine rings is 1. The van der Waals surface area contributed by atoms with Crippen LogP contribution in [0.1, 0.15) is 36.5 Å². The van der Waals surface area contributed by atoms with Gasteiger partial charge in [-0.25, -0.2) is 24.0 Å². The molecule has 0 unspecified atom stereocenters. The number of aliphatic imine (C=N–C) groups is 1. The number of fused-ring (bicyclic) bond motifs is 1. The number of aromatic nitrogens is 1. The molecule has 0 atom stereocenters. The molecule has 1 amide bonds. The lowest BCUT2D eigenvalue weighted by Gasteiger charge is -2.39. The molecule has 2 aliphatic rings. The van der Waals surface area contributed by atoms with Crippen LogP contribution in [0.15, 0.2) is 35.1 Å². The number of carbonyl (C=O) groups is 1. The number of hydrogen-bond donors (Lipinski definition) is 1. The Balaban J connectivity index is 1.89. The normalized spacial score (nSPS) is 16.0. The van der Waals surface area contributed by atoms with Gasteiger partial charge in [-0.15, -0.1) is 0 Å². The van der Waals surface area contributed by atoms with E-state index in [1.165, 1.54) is 11.0 Å². The Morgan fingerprint density at radius 2 is 1.94 bits per heavy atom. The van der Waals surface area contributed by atoms with Crippen LogP contribution in [-0.2, 0) is 4.79 Å². The van der Waals surface area contributed by atoms with Gasteiger partial charge >= 0.3 is 6.09 Å². The Morgan fingerprint density at radius 1 is 1.24 bits per heavy atom. The molecule has 0 bridgehead atoms. The molecule has 2 aromatic rings. The minimum Gasteiger partial charge on any atom is -0.465 e. The molecule has 172 valence electrons. The molecule has 1 N–H and O–H groups in total. The predicted octanol–water partition coefficient (Wildman–Crippen LogP) is 4.17. The summed E-state index contributed by atoms with van der Waals surface area (Å²) in [5.74, 6) is 1.93. The minimum absolute atomic E-state index is 0.0236. The van der Waals surface area contributed by atoms with Gasteiger partial charge in [0.25, 0.3) is 0 Å². The summed E-state index contributed by atoms with van der Waals surface area (Å²) < 4.78 is 14.6. The number of hydrogen-bond acceptors (Lipinski definition) is 6. The molecule has 1 saturated heterocycles. The quantitative estimate of drug-likeness (QED) is 0.522. The molecule has 33 heavy (non-hydrogen) atoms. The Hall–Kier alpha value is -3.42. The molecule has 1 aromatic heterocycles. The topological polar surface area (TPSA) is 89.3 Å². The van der Waals surface area contributed by atoms with Gasteiger partial charge in [0, 0.05) is 26.2 Å². The summed E-state index contributed by atoms with van der Waals surface area (Å²) in [7, 11) is 0. The molecule has 10 heteroatoms. The second kappa shape index (κ2) is 8.84. The van der Waals surface area contributed by atoms with Gasteiger partial charge in [-0.2, -0.15) is 0 Å². The molecule has 0 spiro atoms. The Labute approximate surface area is 195 Å². The molecule has 3 heterocycles. The van der Waals surface area contributed by atoms with Crippen LogP contribution >= 0.6 is 11.6 Å². The third kappa shape index (κ3) is 4.05. The molecule has 8 nitrogen and oxygen atoms in total. The highest BCUT2D eigenvalue weighted by Gasteiger charge is 2.35. The Bertz CT molecular complexity index is 1200. The average molecular weight is 472 g/mol. The summed E-state index contributed by atoms with van der Waals surface area (Å²) in [5.41, 5.74) is 2.94. The van der Waals surface area contributed by atoms with E-state index in [2.05, 4.69) is 9.98 Å². The Kier molecular flexibility index (Phi) is 6.10. The van der Waals surface area contributed by atoms with Crippen LogP contribution in [0, 0.1) is 12.7 Å². The minimum atomic E-state index is -0.999. The van der Waals surface area contributed by atoms with Crippen molar-refractivity contribution in [1.82, 2.24) is 14.8 Å². The van der Waals surface area contributed by atoms with Gasteiger partial charge < -0.3 is 14.9 Å². The molecule has 1 aromatic carbocycles. The number of amides is 1. The van der Waals surface area contributed by atoms with Crippen molar-refractivity contribution in [3.05, 3.63) is 57.7 Å². The van der Waals surface area contributed by atoms with Crippen LogP contribution in [0.4, 0.5) is 20.7 Å². The van der Waals surface area contributed by atoms with E-state index in [0.717, 1.165) is 16.8 Å². The van der Waals surface area contributed by atoms with Gasteiger partial charge in [0.1, 0.15) is 5.84 Å². The van der Waals surface area contributed by atoms with Crippen LogP contribution in [0.25, 0.3) is 0 Å². The first-order chi connectivity index (χ1) is 15.7. The number of halogens is 2. The van der Waals surface area contributed by atoms with Gasteiger partial charge in [-0.05, 0) is 30.0 Å². The van der Waals surface area contributed by atoms with E-state index in [4.69, 9.17) is 11.6 Å². The lowest BCUT2D eigenvalue weighted by atomic mass is 9.96. The average Bonchev–Trinajstić information content (AvgIpc) is 2.79. The van der Waals surface area contributed by atoms with Crippen LogP contribution in [0.2, 0.25) is 5.15 Å². The number of aryl methyl sites for hydroxylation is 1.